The van der Waals surface area contributed by atoms with Crippen molar-refractivity contribution in [3.05, 3.63) is 48.0 Å². The van der Waals surface area contributed by atoms with E-state index < -0.39 is 0 Å². The Balaban J connectivity index is 1.90. The molecule has 1 atom stereocenters. The van der Waals surface area contributed by atoms with Crippen molar-refractivity contribution in [2.24, 2.45) is 12.8 Å². The smallest absolute Gasteiger partial charge is 0.134 e. The van der Waals surface area contributed by atoms with Crippen LogP contribution in [0.5, 0.6) is 0 Å². The summed E-state index contributed by atoms with van der Waals surface area (Å²) >= 11 is 0. The molecule has 0 aliphatic heterocycles. The van der Waals surface area contributed by atoms with Crippen molar-refractivity contribution in [1.82, 2.24) is 15.0 Å². The Morgan fingerprint density at radius 3 is 3.00 bits per heavy atom. The molecule has 92 valence electrons. The lowest BCUT2D eigenvalue weighted by Gasteiger charge is -2.07. The van der Waals surface area contributed by atoms with E-state index >= 15 is 0 Å². The largest absolute Gasteiger partial charge is 0.464 e. The van der Waals surface area contributed by atoms with Crippen LogP contribution in [0.3, 0.4) is 0 Å². The first-order valence-corrected chi connectivity index (χ1v) is 5.81. The molecule has 0 amide bonds. The normalized spacial score (nSPS) is 13.0. The fraction of sp³-hybridized carbons (Fsp3) is 0.231. The zero-order chi connectivity index (χ0) is 12.5. The molecule has 0 saturated carbocycles. The van der Waals surface area contributed by atoms with Crippen molar-refractivity contribution < 1.29 is 4.42 Å². The minimum atomic E-state index is -0.134. The van der Waals surface area contributed by atoms with E-state index in [1.165, 1.54) is 0 Å². The molecule has 0 bridgehead atoms. The lowest BCUT2D eigenvalue weighted by Crippen LogP contribution is -2.13. The van der Waals surface area contributed by atoms with Crippen LogP contribution in [-0.2, 0) is 13.5 Å². The van der Waals surface area contributed by atoms with Crippen molar-refractivity contribution in [1.29, 1.82) is 0 Å². The van der Waals surface area contributed by atoms with E-state index in [1.54, 1.807) is 10.9 Å². The Hall–Kier alpha value is -2.14. The monoisotopic (exact) mass is 242 g/mol. The van der Waals surface area contributed by atoms with E-state index in [1.807, 2.05) is 37.5 Å². The van der Waals surface area contributed by atoms with Crippen LogP contribution in [0, 0.1) is 0 Å². The first kappa shape index (κ1) is 11.0. The maximum absolute atomic E-state index is 6.21. The van der Waals surface area contributed by atoms with Gasteiger partial charge in [0.15, 0.2) is 0 Å². The molecular weight excluding hydrogens is 228 g/mol. The second-order valence-electron chi connectivity index (χ2n) is 4.38. The fourth-order valence-corrected chi connectivity index (χ4v) is 2.11. The molecule has 18 heavy (non-hydrogen) atoms. The molecular formula is C13H14N4O. The second-order valence-corrected chi connectivity index (χ2v) is 4.38. The van der Waals surface area contributed by atoms with Gasteiger partial charge in [-0.1, -0.05) is 23.4 Å². The number of hydrogen-bond donors (Lipinski definition) is 1. The van der Waals surface area contributed by atoms with E-state index in [0.717, 1.165) is 22.2 Å². The second kappa shape index (κ2) is 4.27. The topological polar surface area (TPSA) is 69.9 Å². The molecule has 0 aliphatic rings. The van der Waals surface area contributed by atoms with Crippen molar-refractivity contribution >= 4 is 11.0 Å². The first-order valence-electron chi connectivity index (χ1n) is 5.81. The molecule has 3 aromatic rings. The van der Waals surface area contributed by atoms with Crippen LogP contribution in [-0.4, -0.2) is 15.0 Å². The summed E-state index contributed by atoms with van der Waals surface area (Å²) < 4.78 is 7.17. The van der Waals surface area contributed by atoms with Crippen LogP contribution in [0.15, 0.2) is 41.1 Å². The molecule has 1 aromatic carbocycles. The SMILES string of the molecule is Cn1cc(CC(N)c2coc3ccccc23)nn1. The Morgan fingerprint density at radius 1 is 1.39 bits per heavy atom. The molecule has 5 nitrogen and oxygen atoms in total. The van der Waals surface area contributed by atoms with Gasteiger partial charge in [-0.15, -0.1) is 5.10 Å². The number of aromatic nitrogens is 3. The molecule has 0 spiro atoms. The number of benzene rings is 1. The van der Waals surface area contributed by atoms with Gasteiger partial charge in [-0.3, -0.25) is 4.68 Å². The summed E-state index contributed by atoms with van der Waals surface area (Å²) in [4.78, 5) is 0. The summed E-state index contributed by atoms with van der Waals surface area (Å²) in [6.07, 6.45) is 4.26. The minimum Gasteiger partial charge on any atom is -0.464 e. The summed E-state index contributed by atoms with van der Waals surface area (Å²) in [5.41, 5.74) is 8.97. The number of rotatable bonds is 3. The van der Waals surface area contributed by atoms with Gasteiger partial charge in [0.05, 0.1) is 12.0 Å². The van der Waals surface area contributed by atoms with Gasteiger partial charge >= 0.3 is 0 Å². The van der Waals surface area contributed by atoms with Gasteiger partial charge in [0.1, 0.15) is 5.58 Å². The predicted molar refractivity (Wildman–Crippen MR) is 67.8 cm³/mol. The number of nitrogens with two attached hydrogens (primary N) is 1. The van der Waals surface area contributed by atoms with Gasteiger partial charge in [0, 0.05) is 36.7 Å². The standard InChI is InChI=1S/C13H14N4O/c1-17-7-9(15-16-17)6-12(14)11-8-18-13-5-3-2-4-10(11)13/h2-5,7-8,12H,6,14H2,1H3. The Morgan fingerprint density at radius 2 is 2.22 bits per heavy atom. The van der Waals surface area contributed by atoms with Gasteiger partial charge in [0.2, 0.25) is 0 Å². The molecule has 1 unspecified atom stereocenters. The molecule has 2 aromatic heterocycles. The molecule has 5 heteroatoms. The number of furan rings is 1. The van der Waals surface area contributed by atoms with E-state index in [4.69, 9.17) is 10.2 Å². The summed E-state index contributed by atoms with van der Waals surface area (Å²) in [7, 11) is 1.84. The van der Waals surface area contributed by atoms with Gasteiger partial charge in [-0.05, 0) is 6.07 Å². The Kier molecular flexibility index (Phi) is 2.60. The van der Waals surface area contributed by atoms with Crippen LogP contribution in [0.1, 0.15) is 17.3 Å². The minimum absolute atomic E-state index is 0.134. The van der Waals surface area contributed by atoms with E-state index in [-0.39, 0.29) is 6.04 Å². The van der Waals surface area contributed by atoms with Gasteiger partial charge < -0.3 is 10.2 Å². The van der Waals surface area contributed by atoms with Crippen LogP contribution >= 0.6 is 0 Å². The van der Waals surface area contributed by atoms with Crippen LogP contribution in [0.2, 0.25) is 0 Å². The third-order valence-corrected chi connectivity index (χ3v) is 2.99. The quantitative estimate of drug-likeness (QED) is 0.760. The molecule has 2 N–H and O–H groups in total. The lowest BCUT2D eigenvalue weighted by molar-refractivity contribution is 0.598. The van der Waals surface area contributed by atoms with Crippen LogP contribution in [0.4, 0.5) is 0 Å². The molecule has 0 radical (unpaired) electrons. The van der Waals surface area contributed by atoms with Crippen molar-refractivity contribution in [3.8, 4) is 0 Å². The van der Waals surface area contributed by atoms with E-state index in [0.29, 0.717) is 6.42 Å². The first-order chi connectivity index (χ1) is 8.74. The van der Waals surface area contributed by atoms with E-state index in [9.17, 15) is 0 Å². The number of fused-ring (bicyclic) bond motifs is 1. The summed E-state index contributed by atoms with van der Waals surface area (Å²) in [6.45, 7) is 0. The molecule has 2 heterocycles. The summed E-state index contributed by atoms with van der Waals surface area (Å²) in [5.74, 6) is 0. The number of hydrogen-bond acceptors (Lipinski definition) is 4. The highest BCUT2D eigenvalue weighted by Gasteiger charge is 2.14. The van der Waals surface area contributed by atoms with Crippen molar-refractivity contribution in [2.45, 2.75) is 12.5 Å². The van der Waals surface area contributed by atoms with Crippen molar-refractivity contribution in [3.63, 3.8) is 0 Å². The number of aryl methyl sites for hydroxylation is 1. The average molecular weight is 242 g/mol. The molecule has 3 rings (SSSR count). The Labute approximate surface area is 104 Å². The average Bonchev–Trinajstić information content (AvgIpc) is 2.95. The van der Waals surface area contributed by atoms with Gasteiger partial charge in [-0.2, -0.15) is 0 Å². The van der Waals surface area contributed by atoms with Gasteiger partial charge in [0.25, 0.3) is 0 Å². The third-order valence-electron chi connectivity index (χ3n) is 2.99. The molecule has 0 aliphatic carbocycles. The maximum atomic E-state index is 6.21. The fourth-order valence-electron chi connectivity index (χ4n) is 2.11. The Bertz CT molecular complexity index is 670. The lowest BCUT2D eigenvalue weighted by atomic mass is 10.0. The van der Waals surface area contributed by atoms with Crippen LogP contribution < -0.4 is 5.73 Å². The predicted octanol–water partition coefficient (Wildman–Crippen LogP) is 1.80. The van der Waals surface area contributed by atoms with Crippen molar-refractivity contribution in [2.75, 3.05) is 0 Å². The zero-order valence-electron chi connectivity index (χ0n) is 10.1. The highest BCUT2D eigenvalue weighted by molar-refractivity contribution is 5.81. The number of nitrogens with zero attached hydrogens (tertiary/aromatic N) is 3. The summed E-state index contributed by atoms with van der Waals surface area (Å²) in [5, 5.41) is 9.01. The zero-order valence-corrected chi connectivity index (χ0v) is 10.1. The highest BCUT2D eigenvalue weighted by atomic mass is 16.3. The molecule has 0 fully saturated rings. The number of para-hydroxylation sites is 1. The van der Waals surface area contributed by atoms with Crippen LogP contribution in [0.25, 0.3) is 11.0 Å². The van der Waals surface area contributed by atoms with E-state index in [2.05, 4.69) is 10.3 Å². The summed E-state index contributed by atoms with van der Waals surface area (Å²) in [6, 6.07) is 7.75. The molecule has 0 saturated heterocycles. The third kappa shape index (κ3) is 1.89. The van der Waals surface area contributed by atoms with Gasteiger partial charge in [-0.25, -0.2) is 0 Å². The highest BCUT2D eigenvalue weighted by Crippen LogP contribution is 2.26. The maximum Gasteiger partial charge on any atom is 0.134 e.